The summed E-state index contributed by atoms with van der Waals surface area (Å²) < 4.78 is 5.12. The molecule has 2 amide bonds. The number of hydrogen-bond donors (Lipinski definition) is 1. The van der Waals surface area contributed by atoms with E-state index in [1.807, 2.05) is 0 Å². The van der Waals surface area contributed by atoms with E-state index in [0.717, 1.165) is 6.42 Å². The Kier molecular flexibility index (Phi) is 4.66. The van der Waals surface area contributed by atoms with Gasteiger partial charge in [-0.3, -0.25) is 9.59 Å². The maximum absolute atomic E-state index is 12.7. The van der Waals surface area contributed by atoms with Crippen molar-refractivity contribution in [3.63, 3.8) is 0 Å². The Labute approximate surface area is 137 Å². The second kappa shape index (κ2) is 6.71. The van der Waals surface area contributed by atoms with Crippen molar-refractivity contribution in [3.8, 4) is 5.75 Å². The second-order valence-electron chi connectivity index (χ2n) is 6.56. The minimum atomic E-state index is -0.393. The largest absolute Gasteiger partial charge is 0.497 e. The van der Waals surface area contributed by atoms with E-state index >= 15 is 0 Å². The number of methoxy groups -OCH3 is 1. The molecule has 3 rings (SSSR count). The van der Waals surface area contributed by atoms with E-state index in [-0.39, 0.29) is 18.2 Å². The van der Waals surface area contributed by atoms with Gasteiger partial charge in [-0.2, -0.15) is 0 Å². The zero-order valence-corrected chi connectivity index (χ0v) is 13.7. The predicted octanol–water partition coefficient (Wildman–Crippen LogP) is 2.50. The van der Waals surface area contributed by atoms with Crippen LogP contribution in [-0.2, 0) is 9.59 Å². The first-order chi connectivity index (χ1) is 11.1. The average Bonchev–Trinajstić information content (AvgIpc) is 2.84. The summed E-state index contributed by atoms with van der Waals surface area (Å²) in [5.41, 5.74) is 0.613. The summed E-state index contributed by atoms with van der Waals surface area (Å²) in [6, 6.07) is 6.97. The van der Waals surface area contributed by atoms with E-state index in [0.29, 0.717) is 23.4 Å². The molecule has 1 heterocycles. The van der Waals surface area contributed by atoms with Crippen molar-refractivity contribution in [1.29, 1.82) is 0 Å². The standard InChI is InChI=1S/C18H24N2O3/c1-12-5-3-4-6-15(12)19-16-11-17(21)20(18(16)22)13-7-9-14(23-2)10-8-13/h7-10,12,15-16,19H,3-6,11H2,1-2H3/t12-,15-,16-/m1/s1. The van der Waals surface area contributed by atoms with E-state index in [4.69, 9.17) is 4.74 Å². The summed E-state index contributed by atoms with van der Waals surface area (Å²) in [7, 11) is 1.59. The van der Waals surface area contributed by atoms with Gasteiger partial charge in [0, 0.05) is 6.04 Å². The molecule has 5 heteroatoms. The van der Waals surface area contributed by atoms with E-state index in [1.165, 1.54) is 24.2 Å². The number of rotatable bonds is 4. The topological polar surface area (TPSA) is 58.6 Å². The van der Waals surface area contributed by atoms with Crippen LogP contribution in [0, 0.1) is 5.92 Å². The molecule has 0 radical (unpaired) electrons. The highest BCUT2D eigenvalue weighted by molar-refractivity contribution is 6.22. The van der Waals surface area contributed by atoms with Crippen LogP contribution in [0.5, 0.6) is 5.75 Å². The number of benzene rings is 1. The Morgan fingerprint density at radius 2 is 1.83 bits per heavy atom. The fourth-order valence-electron chi connectivity index (χ4n) is 3.59. The predicted molar refractivity (Wildman–Crippen MR) is 88.4 cm³/mol. The number of amides is 2. The third kappa shape index (κ3) is 3.24. The van der Waals surface area contributed by atoms with Gasteiger partial charge in [0.1, 0.15) is 5.75 Å². The average molecular weight is 316 g/mol. The van der Waals surface area contributed by atoms with Gasteiger partial charge in [0.05, 0.1) is 25.3 Å². The Morgan fingerprint density at radius 3 is 2.48 bits per heavy atom. The van der Waals surface area contributed by atoms with Gasteiger partial charge in [-0.1, -0.05) is 19.8 Å². The molecular weight excluding hydrogens is 292 g/mol. The van der Waals surface area contributed by atoms with Crippen molar-refractivity contribution >= 4 is 17.5 Å². The van der Waals surface area contributed by atoms with Gasteiger partial charge in [0.15, 0.2) is 0 Å². The molecule has 1 saturated carbocycles. The van der Waals surface area contributed by atoms with Gasteiger partial charge in [-0.25, -0.2) is 4.90 Å². The summed E-state index contributed by atoms with van der Waals surface area (Å²) in [6.07, 6.45) is 4.97. The molecule has 1 aliphatic carbocycles. The summed E-state index contributed by atoms with van der Waals surface area (Å²) in [4.78, 5) is 26.3. The van der Waals surface area contributed by atoms with Crippen LogP contribution in [0.15, 0.2) is 24.3 Å². The molecule has 1 aliphatic heterocycles. The van der Waals surface area contributed by atoms with Crippen LogP contribution in [0.4, 0.5) is 5.69 Å². The Balaban J connectivity index is 1.71. The lowest BCUT2D eigenvalue weighted by Gasteiger charge is -2.31. The summed E-state index contributed by atoms with van der Waals surface area (Å²) in [5, 5.41) is 3.43. The van der Waals surface area contributed by atoms with Crippen LogP contribution < -0.4 is 15.0 Å². The zero-order valence-electron chi connectivity index (χ0n) is 13.7. The van der Waals surface area contributed by atoms with Gasteiger partial charge in [-0.05, 0) is 43.0 Å². The molecule has 2 aliphatic rings. The number of nitrogens with one attached hydrogen (secondary N) is 1. The van der Waals surface area contributed by atoms with Crippen molar-refractivity contribution in [2.24, 2.45) is 5.92 Å². The molecule has 0 bridgehead atoms. The summed E-state index contributed by atoms with van der Waals surface area (Å²) >= 11 is 0. The van der Waals surface area contributed by atoms with Gasteiger partial charge < -0.3 is 10.1 Å². The molecule has 1 N–H and O–H groups in total. The molecule has 0 unspecified atom stereocenters. The van der Waals surface area contributed by atoms with Gasteiger partial charge in [0.25, 0.3) is 5.91 Å². The van der Waals surface area contributed by atoms with Crippen LogP contribution in [0.3, 0.4) is 0 Å². The molecule has 1 aromatic carbocycles. The normalized spacial score (nSPS) is 28.3. The van der Waals surface area contributed by atoms with Crippen LogP contribution >= 0.6 is 0 Å². The monoisotopic (exact) mass is 316 g/mol. The highest BCUT2D eigenvalue weighted by Gasteiger charge is 2.41. The molecule has 1 saturated heterocycles. The van der Waals surface area contributed by atoms with E-state index < -0.39 is 6.04 Å². The van der Waals surface area contributed by atoms with Gasteiger partial charge >= 0.3 is 0 Å². The number of hydrogen-bond acceptors (Lipinski definition) is 4. The van der Waals surface area contributed by atoms with Gasteiger partial charge in [0.2, 0.25) is 5.91 Å². The van der Waals surface area contributed by atoms with Crippen LogP contribution in [0.2, 0.25) is 0 Å². The van der Waals surface area contributed by atoms with Crippen molar-refractivity contribution < 1.29 is 14.3 Å². The van der Waals surface area contributed by atoms with Crippen molar-refractivity contribution in [2.75, 3.05) is 12.0 Å². The van der Waals surface area contributed by atoms with Crippen molar-refractivity contribution in [3.05, 3.63) is 24.3 Å². The Hall–Kier alpha value is -1.88. The SMILES string of the molecule is COc1ccc(N2C(=O)C[C@@H](N[C@@H]3CCCC[C@H]3C)C2=O)cc1. The maximum atomic E-state index is 12.7. The number of nitrogens with zero attached hydrogens (tertiary/aromatic N) is 1. The quantitative estimate of drug-likeness (QED) is 0.867. The fraction of sp³-hybridized carbons (Fsp3) is 0.556. The molecular formula is C18H24N2O3. The Morgan fingerprint density at radius 1 is 1.13 bits per heavy atom. The van der Waals surface area contributed by atoms with Crippen LogP contribution in [0.25, 0.3) is 0 Å². The first kappa shape index (κ1) is 16.0. The molecule has 2 fully saturated rings. The minimum Gasteiger partial charge on any atom is -0.497 e. The number of carbonyl (C=O) groups is 2. The third-order valence-corrected chi connectivity index (χ3v) is 5.00. The lowest BCUT2D eigenvalue weighted by atomic mass is 9.85. The van der Waals surface area contributed by atoms with Crippen molar-refractivity contribution in [2.45, 2.75) is 51.1 Å². The van der Waals surface area contributed by atoms with Gasteiger partial charge in [-0.15, -0.1) is 0 Å². The molecule has 23 heavy (non-hydrogen) atoms. The summed E-state index contributed by atoms with van der Waals surface area (Å²) in [5.74, 6) is 0.985. The lowest BCUT2D eigenvalue weighted by Crippen LogP contribution is -2.47. The van der Waals surface area contributed by atoms with Crippen LogP contribution in [0.1, 0.15) is 39.0 Å². The number of carbonyl (C=O) groups excluding carboxylic acids is 2. The zero-order chi connectivity index (χ0) is 16.4. The molecule has 0 aromatic heterocycles. The molecule has 1 aromatic rings. The van der Waals surface area contributed by atoms with E-state index in [9.17, 15) is 9.59 Å². The van der Waals surface area contributed by atoms with Crippen LogP contribution in [-0.4, -0.2) is 31.0 Å². The highest BCUT2D eigenvalue weighted by atomic mass is 16.5. The van der Waals surface area contributed by atoms with E-state index in [1.54, 1.807) is 31.4 Å². The lowest BCUT2D eigenvalue weighted by molar-refractivity contribution is -0.121. The van der Waals surface area contributed by atoms with E-state index in [2.05, 4.69) is 12.2 Å². The molecule has 5 nitrogen and oxygen atoms in total. The first-order valence-corrected chi connectivity index (χ1v) is 8.37. The number of imide groups is 1. The minimum absolute atomic E-state index is 0.138. The maximum Gasteiger partial charge on any atom is 0.251 e. The Bertz CT molecular complexity index is 584. The molecule has 0 spiro atoms. The highest BCUT2D eigenvalue weighted by Crippen LogP contribution is 2.28. The summed E-state index contributed by atoms with van der Waals surface area (Å²) in [6.45, 7) is 2.22. The van der Waals surface area contributed by atoms with Crippen molar-refractivity contribution in [1.82, 2.24) is 5.32 Å². The third-order valence-electron chi connectivity index (χ3n) is 5.00. The number of anilines is 1. The molecule has 124 valence electrons. The number of ether oxygens (including phenoxy) is 1. The smallest absolute Gasteiger partial charge is 0.251 e. The first-order valence-electron chi connectivity index (χ1n) is 8.37. The fourth-order valence-corrected chi connectivity index (χ4v) is 3.59. The second-order valence-corrected chi connectivity index (χ2v) is 6.56. The molecule has 3 atom stereocenters.